The maximum atomic E-state index is 12.6. The fourth-order valence-corrected chi connectivity index (χ4v) is 4.30. The van der Waals surface area contributed by atoms with Gasteiger partial charge in [-0.2, -0.15) is 0 Å². The number of thiazole rings is 1. The first-order valence-electron chi connectivity index (χ1n) is 10.3. The van der Waals surface area contributed by atoms with Crippen molar-refractivity contribution in [2.75, 3.05) is 33.2 Å². The molecule has 2 aromatic rings. The van der Waals surface area contributed by atoms with Gasteiger partial charge in [0.2, 0.25) is 5.91 Å². The number of guanidine groups is 1. The molecule has 0 aliphatic carbocycles. The van der Waals surface area contributed by atoms with Crippen molar-refractivity contribution in [2.24, 2.45) is 10.9 Å². The van der Waals surface area contributed by atoms with Gasteiger partial charge in [-0.1, -0.05) is 30.3 Å². The first-order chi connectivity index (χ1) is 14.1. The molecule has 2 heterocycles. The molecular weight excluding hydrogens is 382 g/mol. The Kier molecular flexibility index (Phi) is 8.04. The molecule has 0 radical (unpaired) electrons. The van der Waals surface area contributed by atoms with Gasteiger partial charge in [-0.05, 0) is 37.7 Å². The van der Waals surface area contributed by atoms with E-state index in [0.717, 1.165) is 56.0 Å². The zero-order chi connectivity index (χ0) is 20.5. The molecule has 2 N–H and O–H groups in total. The maximum absolute atomic E-state index is 12.6. The second-order valence-corrected chi connectivity index (χ2v) is 8.54. The van der Waals surface area contributed by atoms with Crippen LogP contribution in [0.2, 0.25) is 0 Å². The minimum Gasteiger partial charge on any atom is -0.356 e. The summed E-state index contributed by atoms with van der Waals surface area (Å²) in [6.45, 7) is 4.71. The number of benzene rings is 1. The third-order valence-electron chi connectivity index (χ3n) is 5.31. The van der Waals surface area contributed by atoms with Crippen molar-refractivity contribution in [3.63, 3.8) is 0 Å². The highest BCUT2D eigenvalue weighted by molar-refractivity contribution is 7.09. The van der Waals surface area contributed by atoms with Crippen LogP contribution < -0.4 is 10.6 Å². The van der Waals surface area contributed by atoms with Gasteiger partial charge in [-0.25, -0.2) is 4.98 Å². The van der Waals surface area contributed by atoms with Crippen LogP contribution in [0.15, 0.2) is 40.7 Å². The van der Waals surface area contributed by atoms with E-state index in [1.807, 2.05) is 11.8 Å². The molecule has 1 aliphatic rings. The maximum Gasteiger partial charge on any atom is 0.241 e. The van der Waals surface area contributed by atoms with E-state index in [2.05, 4.69) is 56.3 Å². The molecule has 1 aliphatic heterocycles. The SMILES string of the molecule is CN=C(NCCc1csc(C)n1)NCC(=O)N1CCC(Cc2ccccc2)CC1. The molecule has 1 aromatic carbocycles. The van der Waals surface area contributed by atoms with Crippen LogP contribution in [0.25, 0.3) is 0 Å². The Morgan fingerprint density at radius 1 is 1.24 bits per heavy atom. The van der Waals surface area contributed by atoms with E-state index in [1.165, 1.54) is 5.56 Å². The minimum atomic E-state index is 0.140. The number of nitrogens with one attached hydrogen (secondary N) is 2. The van der Waals surface area contributed by atoms with E-state index in [4.69, 9.17) is 0 Å². The molecule has 7 heteroatoms. The highest BCUT2D eigenvalue weighted by Crippen LogP contribution is 2.21. The Balaban J connectivity index is 1.34. The molecule has 0 atom stereocenters. The average molecular weight is 414 g/mol. The zero-order valence-corrected chi connectivity index (χ0v) is 18.2. The summed E-state index contributed by atoms with van der Waals surface area (Å²) >= 11 is 1.66. The van der Waals surface area contributed by atoms with Gasteiger partial charge in [0, 0.05) is 38.5 Å². The second-order valence-electron chi connectivity index (χ2n) is 7.47. The summed E-state index contributed by atoms with van der Waals surface area (Å²) in [5.74, 6) is 1.46. The number of piperidine rings is 1. The number of aliphatic imine (C=N–C) groups is 1. The fourth-order valence-electron chi connectivity index (χ4n) is 3.66. The summed E-state index contributed by atoms with van der Waals surface area (Å²) in [6, 6.07) is 10.6. The van der Waals surface area contributed by atoms with Gasteiger partial charge >= 0.3 is 0 Å². The largest absolute Gasteiger partial charge is 0.356 e. The number of hydrogen-bond donors (Lipinski definition) is 2. The summed E-state index contributed by atoms with van der Waals surface area (Å²) in [6.07, 6.45) is 4.09. The predicted octanol–water partition coefficient (Wildman–Crippen LogP) is 2.64. The molecule has 0 bridgehead atoms. The van der Waals surface area contributed by atoms with E-state index in [9.17, 15) is 4.79 Å². The number of likely N-dealkylation sites (tertiary alicyclic amines) is 1. The number of aromatic nitrogens is 1. The van der Waals surface area contributed by atoms with Crippen molar-refractivity contribution in [3.8, 4) is 0 Å². The lowest BCUT2D eigenvalue weighted by Gasteiger charge is -2.32. The summed E-state index contributed by atoms with van der Waals surface area (Å²) in [7, 11) is 1.72. The Morgan fingerprint density at radius 3 is 2.66 bits per heavy atom. The minimum absolute atomic E-state index is 0.140. The molecule has 29 heavy (non-hydrogen) atoms. The lowest BCUT2D eigenvalue weighted by molar-refractivity contribution is -0.131. The summed E-state index contributed by atoms with van der Waals surface area (Å²) in [5.41, 5.74) is 2.48. The van der Waals surface area contributed by atoms with Crippen LogP contribution in [0.3, 0.4) is 0 Å². The lowest BCUT2D eigenvalue weighted by atomic mass is 9.90. The number of hydrogen-bond acceptors (Lipinski definition) is 4. The number of carbonyl (C=O) groups is 1. The first kappa shape index (κ1) is 21.3. The fraction of sp³-hybridized carbons (Fsp3) is 0.500. The predicted molar refractivity (Wildman–Crippen MR) is 119 cm³/mol. The van der Waals surface area contributed by atoms with Crippen molar-refractivity contribution in [3.05, 3.63) is 52.0 Å². The lowest BCUT2D eigenvalue weighted by Crippen LogP contribution is -2.47. The number of aryl methyl sites for hydroxylation is 1. The van der Waals surface area contributed by atoms with Crippen LogP contribution in [-0.2, 0) is 17.6 Å². The highest BCUT2D eigenvalue weighted by Gasteiger charge is 2.22. The Bertz CT molecular complexity index is 797. The normalized spacial score (nSPS) is 15.4. The van der Waals surface area contributed by atoms with Gasteiger partial charge in [-0.3, -0.25) is 9.79 Å². The molecule has 1 saturated heterocycles. The van der Waals surface area contributed by atoms with Crippen molar-refractivity contribution in [1.82, 2.24) is 20.5 Å². The highest BCUT2D eigenvalue weighted by atomic mass is 32.1. The van der Waals surface area contributed by atoms with E-state index < -0.39 is 0 Å². The molecule has 3 rings (SSSR count). The van der Waals surface area contributed by atoms with E-state index in [-0.39, 0.29) is 12.5 Å². The standard InChI is InChI=1S/C22H31N5OS/c1-17-26-20(16-29-17)8-11-24-22(23-2)25-15-21(28)27-12-9-19(10-13-27)14-18-6-4-3-5-7-18/h3-7,16,19H,8-15H2,1-2H3,(H2,23,24,25). The summed E-state index contributed by atoms with van der Waals surface area (Å²) in [5, 5.41) is 9.56. The molecule has 1 amide bonds. The molecular formula is C22H31N5OS. The Labute approximate surface area is 177 Å². The van der Waals surface area contributed by atoms with Crippen LogP contribution in [0.4, 0.5) is 0 Å². The average Bonchev–Trinajstić information content (AvgIpc) is 3.16. The summed E-state index contributed by atoms with van der Waals surface area (Å²) in [4.78, 5) is 23.2. The molecule has 6 nitrogen and oxygen atoms in total. The first-order valence-corrected chi connectivity index (χ1v) is 11.2. The zero-order valence-electron chi connectivity index (χ0n) is 17.4. The summed E-state index contributed by atoms with van der Waals surface area (Å²) < 4.78 is 0. The van der Waals surface area contributed by atoms with Gasteiger partial charge in [0.05, 0.1) is 17.2 Å². The third-order valence-corrected chi connectivity index (χ3v) is 6.13. The van der Waals surface area contributed by atoms with Crippen molar-refractivity contribution >= 4 is 23.2 Å². The van der Waals surface area contributed by atoms with E-state index in [0.29, 0.717) is 11.9 Å². The number of amides is 1. The van der Waals surface area contributed by atoms with Crippen LogP contribution in [0.1, 0.15) is 29.1 Å². The number of rotatable bonds is 7. The molecule has 0 unspecified atom stereocenters. The molecule has 156 valence electrons. The molecule has 1 fully saturated rings. The van der Waals surface area contributed by atoms with Gasteiger partial charge in [0.25, 0.3) is 0 Å². The van der Waals surface area contributed by atoms with Crippen LogP contribution in [0.5, 0.6) is 0 Å². The Morgan fingerprint density at radius 2 is 2.00 bits per heavy atom. The van der Waals surface area contributed by atoms with Crippen molar-refractivity contribution < 1.29 is 4.79 Å². The monoisotopic (exact) mass is 413 g/mol. The molecule has 0 spiro atoms. The van der Waals surface area contributed by atoms with Crippen LogP contribution in [-0.4, -0.2) is 55.0 Å². The quantitative estimate of drug-likeness (QED) is 0.541. The van der Waals surface area contributed by atoms with Gasteiger partial charge in [0.15, 0.2) is 5.96 Å². The third kappa shape index (κ3) is 6.85. The smallest absolute Gasteiger partial charge is 0.241 e. The number of carbonyl (C=O) groups excluding carboxylic acids is 1. The van der Waals surface area contributed by atoms with Gasteiger partial charge in [0.1, 0.15) is 0 Å². The van der Waals surface area contributed by atoms with Crippen molar-refractivity contribution in [2.45, 2.75) is 32.6 Å². The van der Waals surface area contributed by atoms with Gasteiger partial charge in [-0.15, -0.1) is 11.3 Å². The molecule has 0 saturated carbocycles. The van der Waals surface area contributed by atoms with Crippen LogP contribution >= 0.6 is 11.3 Å². The second kappa shape index (κ2) is 11.0. The Hall–Kier alpha value is -2.41. The van der Waals surface area contributed by atoms with E-state index in [1.54, 1.807) is 18.4 Å². The van der Waals surface area contributed by atoms with Crippen LogP contribution in [0, 0.1) is 12.8 Å². The van der Waals surface area contributed by atoms with Gasteiger partial charge < -0.3 is 15.5 Å². The number of nitrogens with zero attached hydrogens (tertiary/aromatic N) is 3. The van der Waals surface area contributed by atoms with Crippen molar-refractivity contribution in [1.29, 1.82) is 0 Å². The topological polar surface area (TPSA) is 69.6 Å². The molecule has 1 aromatic heterocycles. The van der Waals surface area contributed by atoms with E-state index >= 15 is 0 Å².